The lowest BCUT2D eigenvalue weighted by molar-refractivity contribution is 1.09. The summed E-state index contributed by atoms with van der Waals surface area (Å²) in [5.74, 6) is 0. The number of pyridine rings is 5. The first-order valence-electron chi connectivity index (χ1n) is 29.3. The van der Waals surface area contributed by atoms with Crippen LogP contribution >= 0.6 is 0 Å². The lowest BCUT2D eigenvalue weighted by atomic mass is 9.96. The van der Waals surface area contributed by atoms with Crippen LogP contribution < -0.4 is 0 Å². The first kappa shape index (κ1) is 51.5. The average Bonchev–Trinajstić information content (AvgIpc) is 2.45. The minimum Gasteiger partial charge on any atom is -0.307 e. The maximum atomic E-state index is 10.6. The Balaban J connectivity index is 0.975. The van der Waals surface area contributed by atoms with Gasteiger partial charge in [0, 0.05) is 96.4 Å². The minimum absolute atomic E-state index is 0.548. The highest BCUT2D eigenvalue weighted by Crippen LogP contribution is 2.46. The summed E-state index contributed by atoms with van der Waals surface area (Å²) in [6.07, 6.45) is 11.4. The molecule has 8 heteroatoms. The molecule has 88 heavy (non-hydrogen) atoms. The van der Waals surface area contributed by atoms with Gasteiger partial charge in [-0.1, -0.05) is 182 Å². The smallest absolute Gasteiger partial charge is 0.0991 e. The van der Waals surface area contributed by atoms with Gasteiger partial charge in [0.1, 0.15) is 0 Å². The third kappa shape index (κ3) is 8.89. The van der Waals surface area contributed by atoms with Gasteiger partial charge in [-0.15, -0.1) is 0 Å². The normalized spacial score (nSPS) is 11.4. The second kappa shape index (κ2) is 21.8. The molecule has 0 aliphatic carbocycles. The maximum Gasteiger partial charge on any atom is 0.0991 e. The molecule has 0 spiro atoms. The van der Waals surface area contributed by atoms with Crippen LogP contribution in [0.4, 0.5) is 0 Å². The number of hydrogen-bond donors (Lipinski definition) is 0. The van der Waals surface area contributed by atoms with Crippen LogP contribution in [0.25, 0.3) is 156 Å². The van der Waals surface area contributed by atoms with E-state index < -0.39 is 0 Å². The van der Waals surface area contributed by atoms with Crippen LogP contribution in [0.5, 0.6) is 0 Å². The van der Waals surface area contributed by atoms with Crippen LogP contribution in [0, 0.1) is 11.3 Å². The number of benzene rings is 9. The van der Waals surface area contributed by atoms with Gasteiger partial charge in [0.15, 0.2) is 0 Å². The molecule has 0 N–H and O–H groups in total. The molecule has 0 bridgehead atoms. The second-order valence-corrected chi connectivity index (χ2v) is 21.9. The van der Waals surface area contributed by atoms with Gasteiger partial charge in [-0.05, 0) is 113 Å². The summed E-state index contributed by atoms with van der Waals surface area (Å²) in [5.41, 5.74) is 24.0. The van der Waals surface area contributed by atoms with Crippen molar-refractivity contribution in [3.63, 3.8) is 0 Å². The van der Waals surface area contributed by atoms with E-state index in [9.17, 15) is 5.26 Å². The molecule has 7 aromatic heterocycles. The second-order valence-electron chi connectivity index (χ2n) is 21.9. The van der Waals surface area contributed by atoms with Gasteiger partial charge in [-0.3, -0.25) is 24.9 Å². The van der Waals surface area contributed by atoms with Gasteiger partial charge in [0.25, 0.3) is 0 Å². The Morgan fingerprint density at radius 2 is 0.580 bits per heavy atom. The fraction of sp³-hybridized carbons (Fsp3) is 0. The Morgan fingerprint density at radius 1 is 0.273 bits per heavy atom. The summed E-state index contributed by atoms with van der Waals surface area (Å²) in [4.78, 5) is 25.1. The molecule has 0 aliphatic rings. The first-order valence-corrected chi connectivity index (χ1v) is 29.3. The Morgan fingerprint density at radius 3 is 0.886 bits per heavy atom. The molecule has 0 unspecified atom stereocenters. The van der Waals surface area contributed by atoms with E-state index in [4.69, 9.17) is 24.9 Å². The summed E-state index contributed by atoms with van der Waals surface area (Å²) >= 11 is 0. The van der Waals surface area contributed by atoms with E-state index in [1.165, 1.54) is 0 Å². The lowest BCUT2D eigenvalue weighted by Crippen LogP contribution is -2.05. The summed E-state index contributed by atoms with van der Waals surface area (Å²) in [5, 5.41) is 14.9. The zero-order chi connectivity index (χ0) is 58.5. The van der Waals surface area contributed by atoms with E-state index in [-0.39, 0.29) is 0 Å². The predicted molar refractivity (Wildman–Crippen MR) is 358 cm³/mol. The van der Waals surface area contributed by atoms with Crippen LogP contribution in [-0.4, -0.2) is 34.1 Å². The molecule has 7 heterocycles. The van der Waals surface area contributed by atoms with Gasteiger partial charge >= 0.3 is 0 Å². The number of hydrogen-bond acceptors (Lipinski definition) is 6. The molecule has 16 rings (SSSR count). The summed E-state index contributed by atoms with van der Waals surface area (Å²) in [6.45, 7) is 0. The largest absolute Gasteiger partial charge is 0.307 e. The molecule has 16 aromatic rings. The van der Waals surface area contributed by atoms with Gasteiger partial charge in [0.2, 0.25) is 0 Å². The third-order valence-corrected chi connectivity index (χ3v) is 16.9. The van der Waals surface area contributed by atoms with E-state index >= 15 is 0 Å². The van der Waals surface area contributed by atoms with Crippen LogP contribution in [0.3, 0.4) is 0 Å². The lowest BCUT2D eigenvalue weighted by Gasteiger charge is -2.20. The number of aromatic nitrogens is 7. The zero-order valence-electron chi connectivity index (χ0n) is 47.4. The molecule has 8 nitrogen and oxygen atoms in total. The summed E-state index contributed by atoms with van der Waals surface area (Å²) in [7, 11) is 0. The van der Waals surface area contributed by atoms with Crippen molar-refractivity contribution in [2.75, 3.05) is 0 Å². The van der Waals surface area contributed by atoms with Crippen molar-refractivity contribution in [2.24, 2.45) is 0 Å². The van der Waals surface area contributed by atoms with Crippen molar-refractivity contribution >= 4 is 43.6 Å². The van der Waals surface area contributed by atoms with E-state index in [0.717, 1.165) is 156 Å². The number of fused-ring (bicyclic) bond motifs is 6. The third-order valence-electron chi connectivity index (χ3n) is 16.9. The topological polar surface area (TPSA) is 98.1 Å². The molecule has 0 saturated heterocycles. The van der Waals surface area contributed by atoms with Gasteiger partial charge in [-0.2, -0.15) is 5.26 Å². The van der Waals surface area contributed by atoms with Crippen LogP contribution in [-0.2, 0) is 0 Å². The molecular formula is C80H50N8. The van der Waals surface area contributed by atoms with E-state index in [2.05, 4.69) is 215 Å². The molecular weight excluding hydrogens is 1070 g/mol. The van der Waals surface area contributed by atoms with Crippen molar-refractivity contribution < 1.29 is 0 Å². The molecule has 0 saturated carbocycles. The standard InChI is InChI=1S/C80H50N8/c81-49-52-18-13-27-61(44-52)76-74(87-70-36-32-57(62-28-14-40-83-77(62)53-19-5-1-6-20-53)45-66(70)67-46-58(33-37-71(67)87)63-29-15-41-84-78(63)54-21-7-2-8-22-54)50-82-51-75(76)88-72-38-34-59(64-30-16-42-85-79(64)55-23-9-3-10-24-55)47-68(72)69-48-60(35-39-73(69)88)65-31-17-43-86-80(65)56-25-11-4-12-26-56/h1-48,50-51H. The van der Waals surface area contributed by atoms with Gasteiger partial charge < -0.3 is 9.13 Å². The quantitative estimate of drug-likeness (QED) is 0.128. The summed E-state index contributed by atoms with van der Waals surface area (Å²) in [6, 6.07) is 95.7. The Hall–Kier alpha value is -12.2. The number of nitriles is 1. The summed E-state index contributed by atoms with van der Waals surface area (Å²) < 4.78 is 4.72. The Labute approximate surface area is 507 Å². The van der Waals surface area contributed by atoms with Crippen LogP contribution in [0.15, 0.2) is 304 Å². The molecule has 0 radical (unpaired) electrons. The fourth-order valence-electron chi connectivity index (χ4n) is 12.9. The molecule has 0 atom stereocenters. The van der Waals surface area contributed by atoms with Gasteiger partial charge in [-0.25, -0.2) is 0 Å². The zero-order valence-corrected chi connectivity index (χ0v) is 47.4. The highest BCUT2D eigenvalue weighted by atomic mass is 15.0. The molecule has 9 aromatic carbocycles. The SMILES string of the molecule is N#Cc1cccc(-c2c(-n3c4ccc(-c5cccnc5-c5ccccc5)cc4c4cc(-c5cccnc5-c5ccccc5)ccc43)cncc2-n2c3ccc(-c4cccnc4-c4ccccc4)cc3c3cc(-c4cccnc4-c4ccccc4)ccc32)c1. The Bertz CT molecular complexity index is 4810. The predicted octanol–water partition coefficient (Wildman–Crippen LogP) is 19.7. The maximum absolute atomic E-state index is 10.6. The van der Waals surface area contributed by atoms with Crippen LogP contribution in [0.1, 0.15) is 5.56 Å². The van der Waals surface area contributed by atoms with Crippen LogP contribution in [0.2, 0.25) is 0 Å². The van der Waals surface area contributed by atoms with Gasteiger partial charge in [0.05, 0.1) is 80.2 Å². The van der Waals surface area contributed by atoms with E-state index in [1.54, 1.807) is 0 Å². The average molecular weight is 1120 g/mol. The highest BCUT2D eigenvalue weighted by Gasteiger charge is 2.26. The minimum atomic E-state index is 0.548. The highest BCUT2D eigenvalue weighted by molar-refractivity contribution is 6.15. The monoisotopic (exact) mass is 1120 g/mol. The molecule has 410 valence electrons. The Kier molecular flexibility index (Phi) is 12.7. The fourth-order valence-corrected chi connectivity index (χ4v) is 12.9. The first-order chi connectivity index (χ1) is 43.6. The molecule has 0 aliphatic heterocycles. The number of rotatable bonds is 11. The van der Waals surface area contributed by atoms with Crippen molar-refractivity contribution in [3.8, 4) is 118 Å². The number of nitrogens with zero attached hydrogens (tertiary/aromatic N) is 8. The van der Waals surface area contributed by atoms with Crippen molar-refractivity contribution in [3.05, 3.63) is 310 Å². The van der Waals surface area contributed by atoms with E-state index in [1.807, 2.05) is 104 Å². The van der Waals surface area contributed by atoms with Crippen molar-refractivity contribution in [1.82, 2.24) is 34.1 Å². The van der Waals surface area contributed by atoms with Crippen molar-refractivity contribution in [2.45, 2.75) is 0 Å². The molecule has 0 fully saturated rings. The van der Waals surface area contributed by atoms with E-state index in [0.29, 0.717) is 5.56 Å². The molecule has 0 amide bonds. The van der Waals surface area contributed by atoms with Crippen molar-refractivity contribution in [1.29, 1.82) is 5.26 Å².